The Kier molecular flexibility index (Phi) is 4.31. The molecular formula is C13H19N3O4S. The summed E-state index contributed by atoms with van der Waals surface area (Å²) in [5.74, 6) is 0. The lowest BCUT2D eigenvalue weighted by molar-refractivity contribution is -0.385. The van der Waals surface area contributed by atoms with E-state index in [-0.39, 0.29) is 16.6 Å². The fraction of sp³-hybridized carbons (Fsp3) is 0.538. The van der Waals surface area contributed by atoms with Gasteiger partial charge in [-0.2, -0.15) is 4.31 Å². The molecule has 0 saturated carbocycles. The number of nitrogens with one attached hydrogen (secondary N) is 1. The molecule has 1 saturated heterocycles. The molecule has 0 radical (unpaired) electrons. The Labute approximate surface area is 124 Å². The molecule has 21 heavy (non-hydrogen) atoms. The number of nitro benzene ring substituents is 1. The number of nitrogens with zero attached hydrogens (tertiary/aromatic N) is 2. The lowest BCUT2D eigenvalue weighted by Gasteiger charge is -2.36. The average Bonchev–Trinajstić information content (AvgIpc) is 2.35. The highest BCUT2D eigenvalue weighted by molar-refractivity contribution is 7.89. The van der Waals surface area contributed by atoms with Gasteiger partial charge in [0.15, 0.2) is 0 Å². The predicted octanol–water partition coefficient (Wildman–Crippen LogP) is 1.19. The second-order valence-corrected chi connectivity index (χ2v) is 7.02. The number of rotatable bonds is 5. The Bertz CT molecular complexity index is 668. The fourth-order valence-corrected chi connectivity index (χ4v) is 4.36. The van der Waals surface area contributed by atoms with Crippen molar-refractivity contribution in [1.29, 1.82) is 0 Å². The summed E-state index contributed by atoms with van der Waals surface area (Å²) < 4.78 is 27.1. The molecule has 0 aromatic heterocycles. The van der Waals surface area contributed by atoms with Crippen LogP contribution >= 0.6 is 0 Å². The minimum atomic E-state index is -3.73. The van der Waals surface area contributed by atoms with Crippen molar-refractivity contribution in [3.05, 3.63) is 33.4 Å². The van der Waals surface area contributed by atoms with Crippen molar-refractivity contribution in [2.24, 2.45) is 0 Å². The second-order valence-electron chi connectivity index (χ2n) is 5.16. The molecule has 1 fully saturated rings. The van der Waals surface area contributed by atoms with Crippen LogP contribution in [0.25, 0.3) is 0 Å². The molecule has 1 heterocycles. The zero-order valence-corrected chi connectivity index (χ0v) is 13.1. The van der Waals surface area contributed by atoms with Crippen LogP contribution in [0.2, 0.25) is 0 Å². The van der Waals surface area contributed by atoms with Gasteiger partial charge in [-0.15, -0.1) is 0 Å². The van der Waals surface area contributed by atoms with Crippen LogP contribution in [-0.2, 0) is 10.0 Å². The Morgan fingerprint density at radius 1 is 1.38 bits per heavy atom. The molecule has 0 amide bonds. The lowest BCUT2D eigenvalue weighted by Crippen LogP contribution is -2.58. The molecular weight excluding hydrogens is 294 g/mol. The number of likely N-dealkylation sites (N-methyl/N-ethyl adjacent to an activating group) is 1. The van der Waals surface area contributed by atoms with Gasteiger partial charge in [0, 0.05) is 37.8 Å². The quantitative estimate of drug-likeness (QED) is 0.651. The van der Waals surface area contributed by atoms with Gasteiger partial charge in [0.1, 0.15) is 0 Å². The van der Waals surface area contributed by atoms with E-state index >= 15 is 0 Å². The minimum absolute atomic E-state index is 0.0305. The lowest BCUT2D eigenvalue weighted by atomic mass is 10.1. The number of hydrogen-bond donors (Lipinski definition) is 1. The normalized spacial score (nSPS) is 16.0. The van der Waals surface area contributed by atoms with E-state index in [2.05, 4.69) is 5.32 Å². The predicted molar refractivity (Wildman–Crippen MR) is 78.8 cm³/mol. The van der Waals surface area contributed by atoms with Gasteiger partial charge in [-0.3, -0.25) is 10.1 Å². The maximum absolute atomic E-state index is 12.8. The van der Waals surface area contributed by atoms with Gasteiger partial charge < -0.3 is 5.32 Å². The molecule has 1 N–H and O–H groups in total. The van der Waals surface area contributed by atoms with Crippen molar-refractivity contribution in [2.75, 3.05) is 19.6 Å². The summed E-state index contributed by atoms with van der Waals surface area (Å²) in [5.41, 5.74) is 0.969. The molecule has 7 nitrogen and oxygen atoms in total. The largest absolute Gasteiger partial charge is 0.313 e. The third-order valence-electron chi connectivity index (χ3n) is 3.88. The molecule has 1 aliphatic heterocycles. The Morgan fingerprint density at radius 3 is 2.43 bits per heavy atom. The molecule has 0 aliphatic carbocycles. The third kappa shape index (κ3) is 2.78. The number of benzene rings is 1. The van der Waals surface area contributed by atoms with Crippen LogP contribution in [0.15, 0.2) is 17.0 Å². The van der Waals surface area contributed by atoms with Crippen LogP contribution < -0.4 is 5.32 Å². The average molecular weight is 313 g/mol. The first-order valence-corrected chi connectivity index (χ1v) is 8.21. The van der Waals surface area contributed by atoms with E-state index in [0.29, 0.717) is 30.8 Å². The maximum Gasteiger partial charge on any atom is 0.271 e. The first-order valence-electron chi connectivity index (χ1n) is 6.77. The molecule has 1 aromatic carbocycles. The van der Waals surface area contributed by atoms with E-state index in [1.165, 1.54) is 10.4 Å². The van der Waals surface area contributed by atoms with Crippen LogP contribution in [0.5, 0.6) is 0 Å². The van der Waals surface area contributed by atoms with E-state index in [1.807, 2.05) is 0 Å². The Balaban J connectivity index is 2.55. The van der Waals surface area contributed by atoms with Crippen molar-refractivity contribution in [1.82, 2.24) is 9.62 Å². The molecule has 0 unspecified atom stereocenters. The number of non-ortho nitro benzene ring substituents is 1. The number of sulfonamides is 1. The molecule has 0 spiro atoms. The highest BCUT2D eigenvalue weighted by atomic mass is 32.2. The third-order valence-corrected chi connectivity index (χ3v) is 6.03. The second kappa shape index (κ2) is 5.70. The van der Waals surface area contributed by atoms with Crippen molar-refractivity contribution in [3.8, 4) is 0 Å². The number of nitro groups is 1. The maximum atomic E-state index is 12.8. The summed E-state index contributed by atoms with van der Waals surface area (Å²) in [6.07, 6.45) is 0. The molecule has 8 heteroatoms. The zero-order chi connectivity index (χ0) is 15.8. The van der Waals surface area contributed by atoms with Crippen LogP contribution in [0.3, 0.4) is 0 Å². The number of aryl methyl sites for hydroxylation is 1. The van der Waals surface area contributed by atoms with Gasteiger partial charge in [-0.25, -0.2) is 8.42 Å². The highest BCUT2D eigenvalue weighted by Crippen LogP contribution is 2.29. The SMILES string of the molecule is CCN(C1CNC1)S(=O)(=O)c1cc([N+](=O)[O-])cc(C)c1C. The first-order chi connectivity index (χ1) is 9.78. The highest BCUT2D eigenvalue weighted by Gasteiger charge is 2.35. The monoisotopic (exact) mass is 313 g/mol. The summed E-state index contributed by atoms with van der Waals surface area (Å²) >= 11 is 0. The molecule has 116 valence electrons. The van der Waals surface area contributed by atoms with E-state index in [0.717, 1.165) is 6.07 Å². The van der Waals surface area contributed by atoms with Crippen molar-refractivity contribution >= 4 is 15.7 Å². The Hall–Kier alpha value is -1.51. The van der Waals surface area contributed by atoms with Gasteiger partial charge in [-0.05, 0) is 25.0 Å². The van der Waals surface area contributed by atoms with Crippen molar-refractivity contribution in [3.63, 3.8) is 0 Å². The first kappa shape index (κ1) is 15.9. The molecule has 2 rings (SSSR count). The summed E-state index contributed by atoms with van der Waals surface area (Å²) in [6.45, 7) is 6.70. The van der Waals surface area contributed by atoms with Crippen LogP contribution in [-0.4, -0.2) is 43.3 Å². The topological polar surface area (TPSA) is 92.6 Å². The Morgan fingerprint density at radius 2 is 2.00 bits per heavy atom. The van der Waals surface area contributed by atoms with Crippen LogP contribution in [0, 0.1) is 24.0 Å². The van der Waals surface area contributed by atoms with Gasteiger partial charge >= 0.3 is 0 Å². The summed E-state index contributed by atoms with van der Waals surface area (Å²) in [4.78, 5) is 10.4. The molecule has 1 aliphatic rings. The summed E-state index contributed by atoms with van der Waals surface area (Å²) in [7, 11) is -3.73. The number of hydrogen-bond acceptors (Lipinski definition) is 5. The van der Waals surface area contributed by atoms with Gasteiger partial charge in [0.2, 0.25) is 10.0 Å². The van der Waals surface area contributed by atoms with Crippen LogP contribution in [0.1, 0.15) is 18.1 Å². The summed E-state index contributed by atoms with van der Waals surface area (Å²) in [5, 5.41) is 14.0. The fourth-order valence-electron chi connectivity index (χ4n) is 2.41. The van der Waals surface area contributed by atoms with E-state index in [4.69, 9.17) is 0 Å². The van der Waals surface area contributed by atoms with Gasteiger partial charge in [0.25, 0.3) is 5.69 Å². The van der Waals surface area contributed by atoms with E-state index in [1.54, 1.807) is 20.8 Å². The molecule has 0 bridgehead atoms. The van der Waals surface area contributed by atoms with Gasteiger partial charge in [-0.1, -0.05) is 6.92 Å². The standard InChI is InChI=1S/C13H19N3O4S/c1-4-15(12-7-14-8-12)21(19,20)13-6-11(16(17)18)5-9(2)10(13)3/h5-6,12,14H,4,7-8H2,1-3H3. The minimum Gasteiger partial charge on any atom is -0.313 e. The molecule has 0 atom stereocenters. The zero-order valence-electron chi connectivity index (χ0n) is 12.3. The summed E-state index contributed by atoms with van der Waals surface area (Å²) in [6, 6.07) is 2.47. The van der Waals surface area contributed by atoms with Crippen molar-refractivity contribution in [2.45, 2.75) is 31.7 Å². The van der Waals surface area contributed by atoms with E-state index in [9.17, 15) is 18.5 Å². The van der Waals surface area contributed by atoms with Crippen molar-refractivity contribution < 1.29 is 13.3 Å². The molecule has 1 aromatic rings. The smallest absolute Gasteiger partial charge is 0.271 e. The van der Waals surface area contributed by atoms with Crippen LogP contribution in [0.4, 0.5) is 5.69 Å². The van der Waals surface area contributed by atoms with Gasteiger partial charge in [0.05, 0.1) is 9.82 Å². The van der Waals surface area contributed by atoms with E-state index < -0.39 is 14.9 Å².